The van der Waals surface area contributed by atoms with Crippen molar-refractivity contribution in [2.24, 2.45) is 0 Å². The Labute approximate surface area is 82.8 Å². The highest BCUT2D eigenvalue weighted by Crippen LogP contribution is 1.98. The molecule has 0 bridgehead atoms. The van der Waals surface area contributed by atoms with Gasteiger partial charge in [-0.05, 0) is 5.56 Å². The van der Waals surface area contributed by atoms with Gasteiger partial charge in [0.15, 0.2) is 0 Å². The van der Waals surface area contributed by atoms with Crippen molar-refractivity contribution >= 4 is 5.97 Å². The van der Waals surface area contributed by atoms with Crippen molar-refractivity contribution < 1.29 is 19.7 Å². The van der Waals surface area contributed by atoms with E-state index in [2.05, 4.69) is 0 Å². The van der Waals surface area contributed by atoms with Gasteiger partial charge < -0.3 is 14.9 Å². The molecule has 14 heavy (non-hydrogen) atoms. The number of aliphatic hydroxyl groups is 1. The minimum absolute atomic E-state index is 0.213. The van der Waals surface area contributed by atoms with E-state index in [4.69, 9.17) is 19.7 Å². The topological polar surface area (TPSA) is 66.8 Å². The van der Waals surface area contributed by atoms with E-state index in [1.54, 1.807) is 0 Å². The first-order chi connectivity index (χ1) is 6.66. The summed E-state index contributed by atoms with van der Waals surface area (Å²) in [5.41, 5.74) is 1.08. The third-order valence-corrected chi connectivity index (χ3v) is 1.20. The van der Waals surface area contributed by atoms with Gasteiger partial charge in [-0.15, -0.1) is 0 Å². The van der Waals surface area contributed by atoms with E-state index < -0.39 is 5.97 Å². The molecule has 0 aliphatic rings. The fraction of sp³-hybridized carbons (Fsp3) is 0.300. The molecule has 0 radical (unpaired) electrons. The predicted octanol–water partition coefficient (Wildman–Crippen LogP) is 1.24. The maximum absolute atomic E-state index is 9.00. The molecule has 1 rings (SSSR count). The number of carbonyl (C=O) groups is 1. The monoisotopic (exact) mass is 198 g/mol. The highest BCUT2D eigenvalue weighted by atomic mass is 16.6. The Morgan fingerprint density at radius 1 is 1.36 bits per heavy atom. The second-order valence-electron chi connectivity index (χ2n) is 2.48. The number of hydrogen-bond donors (Lipinski definition) is 2. The lowest BCUT2D eigenvalue weighted by Gasteiger charge is -1.98. The molecule has 0 aliphatic heterocycles. The number of hydrogen-bond acceptors (Lipinski definition) is 3. The number of ether oxygens (including phenoxy) is 1. The molecule has 1 aromatic rings. The van der Waals surface area contributed by atoms with E-state index in [9.17, 15) is 0 Å². The van der Waals surface area contributed by atoms with Crippen molar-refractivity contribution in [1.29, 1.82) is 0 Å². The number of aliphatic hydroxyl groups excluding tert-OH is 1. The fourth-order valence-electron chi connectivity index (χ4n) is 0.738. The van der Waals surface area contributed by atoms with Crippen LogP contribution in [0.5, 0.6) is 0 Å². The summed E-state index contributed by atoms with van der Waals surface area (Å²) < 4.78 is 4.78. The molecule has 0 heterocycles. The molecule has 4 nitrogen and oxygen atoms in total. The number of carboxylic acid groups (broad SMARTS) is 1. The van der Waals surface area contributed by atoms with Gasteiger partial charge in [-0.1, -0.05) is 30.3 Å². The summed E-state index contributed by atoms with van der Waals surface area (Å²) in [6.07, 6.45) is 0. The van der Waals surface area contributed by atoms with Crippen molar-refractivity contribution in [1.82, 2.24) is 0 Å². The molecule has 0 aliphatic carbocycles. The summed E-state index contributed by atoms with van der Waals surface area (Å²) in [4.78, 5) is 9.00. The van der Waals surface area contributed by atoms with Crippen LogP contribution < -0.4 is 0 Å². The van der Waals surface area contributed by atoms with Gasteiger partial charge in [0, 0.05) is 6.92 Å². The smallest absolute Gasteiger partial charge is 0.300 e. The van der Waals surface area contributed by atoms with E-state index in [0.29, 0.717) is 6.61 Å². The van der Waals surface area contributed by atoms with Gasteiger partial charge in [0.25, 0.3) is 5.97 Å². The number of carboxylic acids is 1. The first kappa shape index (κ1) is 12.6. The molecule has 0 saturated carbocycles. The maximum atomic E-state index is 9.00. The van der Waals surface area contributed by atoms with Crippen molar-refractivity contribution in [2.45, 2.75) is 13.5 Å². The molecule has 4 heteroatoms. The molecule has 0 aromatic heterocycles. The van der Waals surface area contributed by atoms with Gasteiger partial charge >= 0.3 is 0 Å². The molecule has 1 aromatic carbocycles. The minimum Gasteiger partial charge on any atom is -0.481 e. The van der Waals surface area contributed by atoms with Crippen molar-refractivity contribution in [3.8, 4) is 0 Å². The van der Waals surface area contributed by atoms with E-state index >= 15 is 0 Å². The SMILES string of the molecule is CC(=O)O.OCOCc1ccccc1. The van der Waals surface area contributed by atoms with Crippen molar-refractivity contribution in [3.63, 3.8) is 0 Å². The third kappa shape index (κ3) is 8.70. The van der Waals surface area contributed by atoms with Crippen LogP contribution in [0.25, 0.3) is 0 Å². The second kappa shape index (κ2) is 8.22. The van der Waals surface area contributed by atoms with Gasteiger partial charge in [0.1, 0.15) is 6.79 Å². The van der Waals surface area contributed by atoms with Crippen LogP contribution in [0.15, 0.2) is 30.3 Å². The average molecular weight is 198 g/mol. The molecular weight excluding hydrogens is 184 g/mol. The summed E-state index contributed by atoms with van der Waals surface area (Å²) >= 11 is 0. The Morgan fingerprint density at radius 3 is 2.29 bits per heavy atom. The number of aliphatic carboxylic acids is 1. The largest absolute Gasteiger partial charge is 0.481 e. The van der Waals surface area contributed by atoms with Crippen LogP contribution in [0, 0.1) is 0 Å². The Morgan fingerprint density at radius 2 is 1.86 bits per heavy atom. The Balaban J connectivity index is 0.000000364. The Hall–Kier alpha value is -1.39. The molecule has 0 amide bonds. The van der Waals surface area contributed by atoms with Crippen molar-refractivity contribution in [3.05, 3.63) is 35.9 Å². The molecular formula is C10H14O4. The molecule has 0 spiro atoms. The fourth-order valence-corrected chi connectivity index (χ4v) is 0.738. The zero-order valence-corrected chi connectivity index (χ0v) is 8.01. The quantitative estimate of drug-likeness (QED) is 0.717. The van der Waals surface area contributed by atoms with Gasteiger partial charge in [-0.25, -0.2) is 0 Å². The average Bonchev–Trinajstić information content (AvgIpc) is 2.15. The molecule has 0 atom stereocenters. The van der Waals surface area contributed by atoms with Gasteiger partial charge in [0.05, 0.1) is 6.61 Å². The summed E-state index contributed by atoms with van der Waals surface area (Å²) in [6.45, 7) is 1.35. The van der Waals surface area contributed by atoms with E-state index in [1.165, 1.54) is 0 Å². The zero-order chi connectivity index (χ0) is 10.8. The van der Waals surface area contributed by atoms with Gasteiger partial charge in [0.2, 0.25) is 0 Å². The predicted molar refractivity (Wildman–Crippen MR) is 51.6 cm³/mol. The molecule has 78 valence electrons. The first-order valence-electron chi connectivity index (χ1n) is 4.09. The first-order valence-corrected chi connectivity index (χ1v) is 4.09. The zero-order valence-electron chi connectivity index (χ0n) is 8.01. The summed E-state index contributed by atoms with van der Waals surface area (Å²) in [6, 6.07) is 9.74. The standard InChI is InChI=1S/C8H10O2.C2H4O2/c9-7-10-6-8-4-2-1-3-5-8;1-2(3)4/h1-5,9H,6-7H2;1H3,(H,3,4). The third-order valence-electron chi connectivity index (χ3n) is 1.20. The lowest BCUT2D eigenvalue weighted by Crippen LogP contribution is -1.92. The molecule has 2 N–H and O–H groups in total. The number of benzene rings is 1. The maximum Gasteiger partial charge on any atom is 0.300 e. The molecule has 0 saturated heterocycles. The number of rotatable bonds is 3. The molecule has 0 fully saturated rings. The van der Waals surface area contributed by atoms with Gasteiger partial charge in [-0.3, -0.25) is 4.79 Å². The Kier molecular flexibility index (Phi) is 7.40. The van der Waals surface area contributed by atoms with Gasteiger partial charge in [-0.2, -0.15) is 0 Å². The summed E-state index contributed by atoms with van der Waals surface area (Å²) in [5, 5.41) is 15.7. The highest BCUT2D eigenvalue weighted by molar-refractivity contribution is 5.62. The van der Waals surface area contributed by atoms with Crippen LogP contribution in [0.3, 0.4) is 0 Å². The molecule has 0 unspecified atom stereocenters. The van der Waals surface area contributed by atoms with Crippen molar-refractivity contribution in [2.75, 3.05) is 6.79 Å². The van der Waals surface area contributed by atoms with E-state index in [0.717, 1.165) is 12.5 Å². The normalized spacial score (nSPS) is 8.71. The summed E-state index contributed by atoms with van der Waals surface area (Å²) in [7, 11) is 0. The van der Waals surface area contributed by atoms with E-state index in [1.807, 2.05) is 30.3 Å². The van der Waals surface area contributed by atoms with E-state index in [-0.39, 0.29) is 6.79 Å². The van der Waals surface area contributed by atoms with Crippen LogP contribution in [-0.2, 0) is 16.1 Å². The lowest BCUT2D eigenvalue weighted by atomic mass is 10.2. The van der Waals surface area contributed by atoms with Crippen LogP contribution in [0.1, 0.15) is 12.5 Å². The second-order valence-corrected chi connectivity index (χ2v) is 2.48. The van der Waals surface area contributed by atoms with Crippen LogP contribution in [0.2, 0.25) is 0 Å². The highest BCUT2D eigenvalue weighted by Gasteiger charge is 1.87. The lowest BCUT2D eigenvalue weighted by molar-refractivity contribution is -0.134. The minimum atomic E-state index is -0.833. The van der Waals surface area contributed by atoms with Crippen LogP contribution in [0.4, 0.5) is 0 Å². The van der Waals surface area contributed by atoms with Crippen LogP contribution >= 0.6 is 0 Å². The summed E-state index contributed by atoms with van der Waals surface area (Å²) in [5.74, 6) is -0.833. The van der Waals surface area contributed by atoms with Crippen LogP contribution in [-0.4, -0.2) is 23.0 Å². The Bertz CT molecular complexity index is 242.